The first kappa shape index (κ1) is 29.5. The van der Waals surface area contributed by atoms with Crippen LogP contribution in [0.3, 0.4) is 0 Å². The number of hydrogen-bond donors (Lipinski definition) is 4. The van der Waals surface area contributed by atoms with Gasteiger partial charge in [0.2, 0.25) is 0 Å². The summed E-state index contributed by atoms with van der Waals surface area (Å²) in [6.07, 6.45) is 4.08. The second-order valence-corrected chi connectivity index (χ2v) is 2.83. The summed E-state index contributed by atoms with van der Waals surface area (Å²) in [5.74, 6) is -0.833. The lowest BCUT2D eigenvalue weighted by Gasteiger charge is -1.86. The summed E-state index contributed by atoms with van der Waals surface area (Å²) >= 11 is 0. The van der Waals surface area contributed by atoms with E-state index in [2.05, 4.69) is 33.0 Å². The third kappa shape index (κ3) is 181. The molecular formula is C11H33N3O2. The molecule has 5 heteroatoms. The van der Waals surface area contributed by atoms with Crippen LogP contribution in [0.1, 0.15) is 53.9 Å². The maximum absolute atomic E-state index is 9.00. The molecule has 0 amide bonds. The molecule has 5 nitrogen and oxygen atoms in total. The van der Waals surface area contributed by atoms with E-state index in [1.807, 2.05) is 0 Å². The number of aliphatic carboxylic acids is 1. The zero-order valence-corrected chi connectivity index (χ0v) is 11.8. The highest BCUT2D eigenvalue weighted by atomic mass is 16.4. The Balaban J connectivity index is -0.0000000358. The van der Waals surface area contributed by atoms with E-state index in [1.54, 1.807) is 0 Å². The molecule has 16 heavy (non-hydrogen) atoms. The maximum atomic E-state index is 9.00. The van der Waals surface area contributed by atoms with Crippen LogP contribution < -0.4 is 17.6 Å². The van der Waals surface area contributed by atoms with Gasteiger partial charge in [-0.3, -0.25) is 4.79 Å². The smallest absolute Gasteiger partial charge is 0.300 e. The minimum atomic E-state index is -0.833. The quantitative estimate of drug-likeness (QED) is 0.600. The Labute approximate surface area is 101 Å². The molecule has 0 fully saturated rings. The van der Waals surface area contributed by atoms with Crippen LogP contribution in [-0.2, 0) is 4.79 Å². The minimum absolute atomic E-state index is 0. The van der Waals surface area contributed by atoms with Gasteiger partial charge in [-0.15, -0.1) is 0 Å². The van der Waals surface area contributed by atoms with Crippen molar-refractivity contribution in [2.75, 3.05) is 13.1 Å². The Morgan fingerprint density at radius 1 is 1.00 bits per heavy atom. The summed E-state index contributed by atoms with van der Waals surface area (Å²) in [6.45, 7) is 11.9. The zero-order valence-electron chi connectivity index (χ0n) is 11.8. The first-order chi connectivity index (χ1) is 6.56. The fourth-order valence-electron chi connectivity index (χ4n) is 0.604. The van der Waals surface area contributed by atoms with Crippen LogP contribution in [0, 0.1) is 0 Å². The number of nitrogens with one attached hydrogen (secondary N) is 1. The SMILES string of the molecule is CC(=O)O.CCCCC.CCNCC.N.N. The summed E-state index contributed by atoms with van der Waals surface area (Å²) < 4.78 is 0. The molecule has 0 saturated heterocycles. The molecular weight excluding hydrogens is 206 g/mol. The molecule has 0 aliphatic rings. The molecule has 0 aromatic carbocycles. The van der Waals surface area contributed by atoms with E-state index < -0.39 is 5.97 Å². The van der Waals surface area contributed by atoms with Crippen LogP contribution >= 0.6 is 0 Å². The van der Waals surface area contributed by atoms with E-state index in [0.29, 0.717) is 0 Å². The molecule has 0 aromatic heterocycles. The average molecular weight is 239 g/mol. The third-order valence-corrected chi connectivity index (χ3v) is 1.21. The topological polar surface area (TPSA) is 119 Å². The highest BCUT2D eigenvalue weighted by molar-refractivity contribution is 5.62. The molecule has 0 unspecified atom stereocenters. The standard InChI is InChI=1S/C5H12.C4H11N.C2H4O2.2H3N/c2*1-3-5-4-2;1-2(3)4;;/h3-5H2,1-2H3;5H,3-4H2,1-2H3;1H3,(H,3,4);2*1H3. The molecule has 0 aliphatic carbocycles. The third-order valence-electron chi connectivity index (χ3n) is 1.21. The van der Waals surface area contributed by atoms with Crippen LogP contribution in [0.25, 0.3) is 0 Å². The largest absolute Gasteiger partial charge is 0.481 e. The van der Waals surface area contributed by atoms with Gasteiger partial charge in [0, 0.05) is 6.92 Å². The number of hydrogen-bond acceptors (Lipinski definition) is 4. The summed E-state index contributed by atoms with van der Waals surface area (Å²) in [5, 5.41) is 10.5. The molecule has 0 rings (SSSR count). The van der Waals surface area contributed by atoms with Crippen molar-refractivity contribution < 1.29 is 9.90 Å². The Morgan fingerprint density at radius 3 is 1.25 bits per heavy atom. The molecule has 8 N–H and O–H groups in total. The highest BCUT2D eigenvalue weighted by Crippen LogP contribution is 1.88. The van der Waals surface area contributed by atoms with Crippen LogP contribution in [0.15, 0.2) is 0 Å². The van der Waals surface area contributed by atoms with Crippen molar-refractivity contribution in [1.82, 2.24) is 17.6 Å². The molecule has 0 aromatic rings. The zero-order chi connectivity index (χ0) is 11.8. The highest BCUT2D eigenvalue weighted by Gasteiger charge is 1.68. The normalized spacial score (nSPS) is 6.81. The van der Waals surface area contributed by atoms with Crippen molar-refractivity contribution in [3.63, 3.8) is 0 Å². The van der Waals surface area contributed by atoms with Gasteiger partial charge in [0.1, 0.15) is 0 Å². The average Bonchev–Trinajstić information content (AvgIpc) is 2.07. The molecule has 0 atom stereocenters. The predicted molar refractivity (Wildman–Crippen MR) is 72.8 cm³/mol. The Hall–Kier alpha value is -0.650. The van der Waals surface area contributed by atoms with Gasteiger partial charge in [0.25, 0.3) is 5.97 Å². The molecule has 0 aliphatic heterocycles. The molecule has 0 heterocycles. The van der Waals surface area contributed by atoms with E-state index in [-0.39, 0.29) is 12.3 Å². The van der Waals surface area contributed by atoms with Crippen molar-refractivity contribution in [2.24, 2.45) is 0 Å². The van der Waals surface area contributed by atoms with Gasteiger partial charge in [-0.05, 0) is 13.1 Å². The Kier molecular flexibility index (Phi) is 67.6. The van der Waals surface area contributed by atoms with Crippen LogP contribution in [0.5, 0.6) is 0 Å². The van der Waals surface area contributed by atoms with Gasteiger partial charge in [0.15, 0.2) is 0 Å². The molecule has 104 valence electrons. The second-order valence-electron chi connectivity index (χ2n) is 2.83. The van der Waals surface area contributed by atoms with Gasteiger partial charge < -0.3 is 22.7 Å². The fourth-order valence-corrected chi connectivity index (χ4v) is 0.604. The maximum Gasteiger partial charge on any atom is 0.300 e. The lowest BCUT2D eigenvalue weighted by Crippen LogP contribution is -2.09. The summed E-state index contributed by atoms with van der Waals surface area (Å²) in [5.41, 5.74) is 0. The van der Waals surface area contributed by atoms with Crippen molar-refractivity contribution in [3.8, 4) is 0 Å². The number of carboxylic acids is 1. The summed E-state index contributed by atoms with van der Waals surface area (Å²) in [7, 11) is 0. The van der Waals surface area contributed by atoms with Crippen molar-refractivity contribution in [2.45, 2.75) is 53.9 Å². The predicted octanol–water partition coefficient (Wildman–Crippen LogP) is 3.23. The van der Waals surface area contributed by atoms with Gasteiger partial charge in [-0.1, -0.05) is 47.0 Å². The van der Waals surface area contributed by atoms with Gasteiger partial charge in [-0.2, -0.15) is 0 Å². The van der Waals surface area contributed by atoms with E-state index in [1.165, 1.54) is 19.3 Å². The minimum Gasteiger partial charge on any atom is -0.481 e. The second kappa shape index (κ2) is 36.7. The first-order valence-electron chi connectivity index (χ1n) is 5.46. The van der Waals surface area contributed by atoms with Gasteiger partial charge >= 0.3 is 0 Å². The van der Waals surface area contributed by atoms with Crippen molar-refractivity contribution in [3.05, 3.63) is 0 Å². The Bertz CT molecular complexity index is 87.2. The molecule has 0 bridgehead atoms. The van der Waals surface area contributed by atoms with Crippen LogP contribution in [-0.4, -0.2) is 24.2 Å². The number of carbonyl (C=O) groups is 1. The Morgan fingerprint density at radius 2 is 1.25 bits per heavy atom. The fraction of sp³-hybridized carbons (Fsp3) is 0.909. The van der Waals surface area contributed by atoms with Gasteiger partial charge in [-0.25, -0.2) is 0 Å². The van der Waals surface area contributed by atoms with E-state index in [4.69, 9.17) is 9.90 Å². The van der Waals surface area contributed by atoms with Gasteiger partial charge in [0.05, 0.1) is 0 Å². The lowest BCUT2D eigenvalue weighted by molar-refractivity contribution is -0.134. The molecule has 0 saturated carbocycles. The monoisotopic (exact) mass is 239 g/mol. The number of carboxylic acid groups (broad SMARTS) is 1. The van der Waals surface area contributed by atoms with E-state index in [0.717, 1.165) is 20.0 Å². The summed E-state index contributed by atoms with van der Waals surface area (Å²) in [4.78, 5) is 9.00. The molecule has 0 spiro atoms. The van der Waals surface area contributed by atoms with E-state index >= 15 is 0 Å². The van der Waals surface area contributed by atoms with E-state index in [9.17, 15) is 0 Å². The van der Waals surface area contributed by atoms with Crippen molar-refractivity contribution in [1.29, 1.82) is 0 Å². The summed E-state index contributed by atoms with van der Waals surface area (Å²) in [6, 6.07) is 0. The van der Waals surface area contributed by atoms with Crippen LogP contribution in [0.2, 0.25) is 0 Å². The number of unbranched alkanes of at least 4 members (excludes halogenated alkanes) is 2. The lowest BCUT2D eigenvalue weighted by atomic mass is 10.3. The molecule has 0 radical (unpaired) electrons. The first-order valence-corrected chi connectivity index (χ1v) is 5.46. The van der Waals surface area contributed by atoms with Crippen LogP contribution in [0.4, 0.5) is 0 Å². The van der Waals surface area contributed by atoms with Crippen molar-refractivity contribution >= 4 is 5.97 Å². The number of rotatable bonds is 4.